The van der Waals surface area contributed by atoms with Crippen LogP contribution in [0, 0.1) is 0 Å². The third-order valence-electron chi connectivity index (χ3n) is 2.03. The van der Waals surface area contributed by atoms with Crippen LogP contribution in [0.25, 0.3) is 0 Å². The summed E-state index contributed by atoms with van der Waals surface area (Å²) >= 11 is 0. The molecule has 0 spiro atoms. The molecule has 0 fully saturated rings. The van der Waals surface area contributed by atoms with Crippen LogP contribution in [-0.4, -0.2) is 20.2 Å². The van der Waals surface area contributed by atoms with Gasteiger partial charge in [0.1, 0.15) is 0 Å². The topological polar surface area (TPSA) is 106 Å². The maximum absolute atomic E-state index is 11.3. The van der Waals surface area contributed by atoms with Gasteiger partial charge in [0.15, 0.2) is 0 Å². The first-order chi connectivity index (χ1) is 6.91. The van der Waals surface area contributed by atoms with Gasteiger partial charge in [-0.1, -0.05) is 6.07 Å². The number of imide groups is 1. The summed E-state index contributed by atoms with van der Waals surface area (Å²) in [6.45, 7) is 0. The van der Waals surface area contributed by atoms with Crippen LogP contribution in [0.5, 0.6) is 0 Å². The SMILES string of the molecule is NS(=O)(=O)c1cccc2c1C(=O)NC2=O. The van der Waals surface area contributed by atoms with Gasteiger partial charge in [0.05, 0.1) is 16.0 Å². The van der Waals surface area contributed by atoms with Gasteiger partial charge in [-0.3, -0.25) is 14.9 Å². The molecule has 1 aromatic rings. The molecule has 0 saturated heterocycles. The van der Waals surface area contributed by atoms with Crippen molar-refractivity contribution in [3.05, 3.63) is 29.3 Å². The molecule has 1 heterocycles. The zero-order valence-corrected chi connectivity index (χ0v) is 8.17. The number of primary sulfonamides is 1. The lowest BCUT2D eigenvalue weighted by Gasteiger charge is -2.01. The molecule has 0 saturated carbocycles. The Hall–Kier alpha value is -1.73. The minimum Gasteiger partial charge on any atom is -0.288 e. The van der Waals surface area contributed by atoms with E-state index in [4.69, 9.17) is 5.14 Å². The monoisotopic (exact) mass is 226 g/mol. The molecule has 2 amide bonds. The Morgan fingerprint density at radius 2 is 1.80 bits per heavy atom. The van der Waals surface area contributed by atoms with E-state index in [-0.39, 0.29) is 16.0 Å². The highest BCUT2D eigenvalue weighted by Gasteiger charge is 2.32. The molecule has 1 aliphatic heterocycles. The molecule has 7 heteroatoms. The predicted octanol–water partition coefficient (Wildman–Crippen LogP) is -0.782. The molecular weight excluding hydrogens is 220 g/mol. The first kappa shape index (κ1) is 9.81. The highest BCUT2D eigenvalue weighted by molar-refractivity contribution is 7.89. The zero-order valence-electron chi connectivity index (χ0n) is 7.35. The molecule has 0 aliphatic carbocycles. The van der Waals surface area contributed by atoms with Crippen molar-refractivity contribution in [2.24, 2.45) is 5.14 Å². The van der Waals surface area contributed by atoms with Gasteiger partial charge in [-0.2, -0.15) is 0 Å². The second-order valence-corrected chi connectivity index (χ2v) is 4.54. The molecule has 78 valence electrons. The first-order valence-corrected chi connectivity index (χ1v) is 5.47. The number of nitrogens with one attached hydrogen (secondary N) is 1. The van der Waals surface area contributed by atoms with Crippen LogP contribution >= 0.6 is 0 Å². The van der Waals surface area contributed by atoms with Gasteiger partial charge in [0.2, 0.25) is 10.0 Å². The summed E-state index contributed by atoms with van der Waals surface area (Å²) in [5.74, 6) is -1.35. The number of carbonyl (C=O) groups excluding carboxylic acids is 2. The predicted molar refractivity (Wildman–Crippen MR) is 49.6 cm³/mol. The molecule has 15 heavy (non-hydrogen) atoms. The average molecular weight is 226 g/mol. The first-order valence-electron chi connectivity index (χ1n) is 3.93. The van der Waals surface area contributed by atoms with E-state index in [2.05, 4.69) is 0 Å². The van der Waals surface area contributed by atoms with Crippen molar-refractivity contribution in [1.29, 1.82) is 0 Å². The molecule has 0 aromatic heterocycles. The van der Waals surface area contributed by atoms with Gasteiger partial charge < -0.3 is 0 Å². The lowest BCUT2D eigenvalue weighted by atomic mass is 10.1. The maximum atomic E-state index is 11.3. The van der Waals surface area contributed by atoms with Crippen molar-refractivity contribution in [1.82, 2.24) is 5.32 Å². The summed E-state index contributed by atoms with van der Waals surface area (Å²) in [4.78, 5) is 22.1. The van der Waals surface area contributed by atoms with Crippen LogP contribution in [-0.2, 0) is 10.0 Å². The van der Waals surface area contributed by atoms with Crippen LogP contribution in [0.4, 0.5) is 0 Å². The van der Waals surface area contributed by atoms with Crippen molar-refractivity contribution >= 4 is 21.8 Å². The number of hydrogen-bond donors (Lipinski definition) is 2. The van der Waals surface area contributed by atoms with Gasteiger partial charge in [-0.05, 0) is 12.1 Å². The Kier molecular flexibility index (Phi) is 1.88. The van der Waals surface area contributed by atoms with Gasteiger partial charge >= 0.3 is 0 Å². The highest BCUT2D eigenvalue weighted by atomic mass is 32.2. The number of benzene rings is 1. The number of nitrogens with two attached hydrogens (primary N) is 1. The van der Waals surface area contributed by atoms with E-state index in [9.17, 15) is 18.0 Å². The van der Waals surface area contributed by atoms with E-state index >= 15 is 0 Å². The van der Waals surface area contributed by atoms with Gasteiger partial charge in [-0.15, -0.1) is 0 Å². The summed E-state index contributed by atoms with van der Waals surface area (Å²) in [7, 11) is -4.00. The number of carbonyl (C=O) groups is 2. The van der Waals surface area contributed by atoms with E-state index in [0.29, 0.717) is 0 Å². The van der Waals surface area contributed by atoms with E-state index in [1.165, 1.54) is 18.2 Å². The molecule has 0 bridgehead atoms. The fourth-order valence-electron chi connectivity index (χ4n) is 1.42. The average Bonchev–Trinajstić information content (AvgIpc) is 2.41. The van der Waals surface area contributed by atoms with Crippen LogP contribution in [0.1, 0.15) is 20.7 Å². The summed E-state index contributed by atoms with van der Waals surface area (Å²) in [6.07, 6.45) is 0. The van der Waals surface area contributed by atoms with Crippen LogP contribution < -0.4 is 10.5 Å². The van der Waals surface area contributed by atoms with Crippen molar-refractivity contribution in [3.63, 3.8) is 0 Å². The number of sulfonamides is 1. The summed E-state index contributed by atoms with van der Waals surface area (Å²) in [5.41, 5.74) is -0.142. The van der Waals surface area contributed by atoms with Gasteiger partial charge in [-0.25, -0.2) is 13.6 Å². The molecule has 1 aliphatic rings. The Bertz CT molecular complexity index is 576. The van der Waals surface area contributed by atoms with Crippen LogP contribution in [0.15, 0.2) is 23.1 Å². The summed E-state index contributed by atoms with van der Waals surface area (Å²) in [6, 6.07) is 3.91. The van der Waals surface area contributed by atoms with Gasteiger partial charge in [0.25, 0.3) is 11.8 Å². The highest BCUT2D eigenvalue weighted by Crippen LogP contribution is 2.22. The molecule has 3 N–H and O–H groups in total. The van der Waals surface area contributed by atoms with Crippen LogP contribution in [0.3, 0.4) is 0 Å². The van der Waals surface area contributed by atoms with Crippen molar-refractivity contribution < 1.29 is 18.0 Å². The molecule has 0 atom stereocenters. The molecule has 6 nitrogen and oxygen atoms in total. The lowest BCUT2D eigenvalue weighted by molar-refractivity contribution is 0.0878. The fourth-order valence-corrected chi connectivity index (χ4v) is 2.18. The third-order valence-corrected chi connectivity index (χ3v) is 2.98. The van der Waals surface area contributed by atoms with Gasteiger partial charge in [0, 0.05) is 0 Å². The largest absolute Gasteiger partial charge is 0.288 e. The standard InChI is InChI=1S/C8H6N2O4S/c9-15(13,14)5-3-1-2-4-6(5)8(12)10-7(4)11/h1-3H,(H2,9,13,14)(H,10,11,12). The molecular formula is C8H6N2O4S. The van der Waals surface area contributed by atoms with Crippen molar-refractivity contribution in [2.45, 2.75) is 4.90 Å². The number of fused-ring (bicyclic) bond motifs is 1. The minimum atomic E-state index is -4.00. The van der Waals surface area contributed by atoms with E-state index < -0.39 is 21.8 Å². The van der Waals surface area contributed by atoms with E-state index in [1.54, 1.807) is 0 Å². The molecule has 0 radical (unpaired) electrons. The Morgan fingerprint density at radius 1 is 1.13 bits per heavy atom. The van der Waals surface area contributed by atoms with E-state index in [1.807, 2.05) is 5.32 Å². The van der Waals surface area contributed by atoms with Crippen molar-refractivity contribution in [2.75, 3.05) is 0 Å². The van der Waals surface area contributed by atoms with Crippen LogP contribution in [0.2, 0.25) is 0 Å². The maximum Gasteiger partial charge on any atom is 0.260 e. The molecule has 2 rings (SSSR count). The third kappa shape index (κ3) is 1.41. The smallest absolute Gasteiger partial charge is 0.260 e. The Morgan fingerprint density at radius 3 is 2.40 bits per heavy atom. The zero-order chi connectivity index (χ0) is 11.2. The summed E-state index contributed by atoms with van der Waals surface area (Å²) < 4.78 is 22.3. The Balaban J connectivity index is 2.83. The molecule has 1 aromatic carbocycles. The van der Waals surface area contributed by atoms with Crippen molar-refractivity contribution in [3.8, 4) is 0 Å². The second kappa shape index (κ2) is 2.88. The number of rotatable bonds is 1. The molecule has 0 unspecified atom stereocenters. The Labute approximate surface area is 85.1 Å². The summed E-state index contributed by atoms with van der Waals surface area (Å²) in [5, 5.41) is 6.92. The number of amides is 2. The second-order valence-electron chi connectivity index (χ2n) is 3.01. The van der Waals surface area contributed by atoms with E-state index in [0.717, 1.165) is 0 Å². The minimum absolute atomic E-state index is 0.0338. The normalized spacial score (nSPS) is 15.0. The fraction of sp³-hybridized carbons (Fsp3) is 0. The quantitative estimate of drug-likeness (QED) is 0.612. The lowest BCUT2D eigenvalue weighted by Crippen LogP contribution is -2.21. The number of hydrogen-bond acceptors (Lipinski definition) is 4.